The molecule has 2 heteroatoms. The molecule has 2 rings (SSSR count). The lowest BCUT2D eigenvalue weighted by atomic mass is 9.65. The molecule has 1 aromatic heterocycles. The lowest BCUT2D eigenvalue weighted by Crippen LogP contribution is -2.43. The third kappa shape index (κ3) is 3.06. The summed E-state index contributed by atoms with van der Waals surface area (Å²) in [6.45, 7) is 4.75. The molecule has 0 spiro atoms. The van der Waals surface area contributed by atoms with E-state index in [0.717, 1.165) is 6.42 Å². The molecule has 0 saturated heterocycles. The Bertz CT molecular complexity index is 345. The normalized spacial score (nSPS) is 25.5. The Balaban J connectivity index is 2.02. The molecule has 17 heavy (non-hydrogen) atoms. The highest BCUT2D eigenvalue weighted by Crippen LogP contribution is 2.42. The van der Waals surface area contributed by atoms with Gasteiger partial charge in [-0.2, -0.15) is 0 Å². The fraction of sp³-hybridized carbons (Fsp3) is 0.667. The summed E-state index contributed by atoms with van der Waals surface area (Å²) in [5, 5.41) is 0. The minimum atomic E-state index is 0.273. The highest BCUT2D eigenvalue weighted by Gasteiger charge is 2.35. The summed E-state index contributed by atoms with van der Waals surface area (Å²) in [7, 11) is 0. The molecule has 1 heterocycles. The average Bonchev–Trinajstić information content (AvgIpc) is 2.29. The van der Waals surface area contributed by atoms with E-state index in [9.17, 15) is 0 Å². The maximum absolute atomic E-state index is 6.43. The van der Waals surface area contributed by atoms with Gasteiger partial charge in [0.25, 0.3) is 0 Å². The van der Waals surface area contributed by atoms with Crippen molar-refractivity contribution >= 4 is 0 Å². The fourth-order valence-electron chi connectivity index (χ4n) is 3.25. The van der Waals surface area contributed by atoms with Crippen molar-refractivity contribution in [2.45, 2.75) is 52.0 Å². The standard InChI is InChI=1S/C15H24N2/c1-15(2)8-4-3-7-13(15)14(16)10-12-6-5-9-17-11-12/h5-6,9,11,13-14H,3-4,7-8,10,16H2,1-2H3. The van der Waals surface area contributed by atoms with Crippen molar-refractivity contribution in [3.63, 3.8) is 0 Å². The molecule has 2 atom stereocenters. The molecule has 1 fully saturated rings. The van der Waals surface area contributed by atoms with E-state index in [-0.39, 0.29) is 6.04 Å². The smallest absolute Gasteiger partial charge is 0.0300 e. The van der Waals surface area contributed by atoms with Crippen LogP contribution >= 0.6 is 0 Å². The first-order chi connectivity index (χ1) is 8.09. The maximum Gasteiger partial charge on any atom is 0.0300 e. The Hall–Kier alpha value is -0.890. The molecule has 94 valence electrons. The zero-order valence-corrected chi connectivity index (χ0v) is 11.0. The molecule has 0 radical (unpaired) electrons. The summed E-state index contributed by atoms with van der Waals surface area (Å²) in [6, 6.07) is 4.39. The van der Waals surface area contributed by atoms with Gasteiger partial charge in [0.2, 0.25) is 0 Å². The Morgan fingerprint density at radius 2 is 2.29 bits per heavy atom. The SMILES string of the molecule is CC1(C)CCCCC1C(N)Cc1cccnc1. The van der Waals surface area contributed by atoms with Gasteiger partial charge in [-0.15, -0.1) is 0 Å². The van der Waals surface area contributed by atoms with Crippen LogP contribution in [0.3, 0.4) is 0 Å². The lowest BCUT2D eigenvalue weighted by Gasteiger charge is -2.42. The van der Waals surface area contributed by atoms with Crippen molar-refractivity contribution in [2.75, 3.05) is 0 Å². The number of aromatic nitrogens is 1. The third-order valence-corrected chi connectivity index (χ3v) is 4.30. The van der Waals surface area contributed by atoms with Crippen LogP contribution in [-0.4, -0.2) is 11.0 Å². The molecular formula is C15H24N2. The Labute approximate surface area is 105 Å². The van der Waals surface area contributed by atoms with Crippen LogP contribution in [0.25, 0.3) is 0 Å². The van der Waals surface area contributed by atoms with Crippen LogP contribution in [0, 0.1) is 11.3 Å². The number of rotatable bonds is 3. The second-order valence-corrected chi connectivity index (χ2v) is 6.07. The molecule has 0 aromatic carbocycles. The van der Waals surface area contributed by atoms with Crippen LogP contribution in [0.1, 0.15) is 45.1 Å². The van der Waals surface area contributed by atoms with Crippen LogP contribution in [0.5, 0.6) is 0 Å². The highest BCUT2D eigenvalue weighted by atomic mass is 14.7. The topological polar surface area (TPSA) is 38.9 Å². The summed E-state index contributed by atoms with van der Waals surface area (Å²) in [6.07, 6.45) is 10.0. The van der Waals surface area contributed by atoms with Gasteiger partial charge in [-0.05, 0) is 42.2 Å². The Morgan fingerprint density at radius 3 is 2.94 bits per heavy atom. The highest BCUT2D eigenvalue weighted by molar-refractivity contribution is 5.11. The zero-order chi connectivity index (χ0) is 12.3. The summed E-state index contributed by atoms with van der Waals surface area (Å²) in [5.41, 5.74) is 8.10. The van der Waals surface area contributed by atoms with E-state index in [1.165, 1.54) is 31.2 Å². The summed E-state index contributed by atoms with van der Waals surface area (Å²) in [5.74, 6) is 0.649. The molecule has 1 aliphatic carbocycles. The Morgan fingerprint density at radius 1 is 1.47 bits per heavy atom. The van der Waals surface area contributed by atoms with E-state index in [0.29, 0.717) is 11.3 Å². The van der Waals surface area contributed by atoms with E-state index in [2.05, 4.69) is 24.9 Å². The van der Waals surface area contributed by atoms with Gasteiger partial charge in [0.1, 0.15) is 0 Å². The van der Waals surface area contributed by atoms with Crippen LogP contribution < -0.4 is 5.73 Å². The van der Waals surface area contributed by atoms with E-state index in [1.54, 1.807) is 0 Å². The molecule has 0 amide bonds. The number of hydrogen-bond acceptors (Lipinski definition) is 2. The predicted octanol–water partition coefficient (Wildman–Crippen LogP) is 3.17. The molecular weight excluding hydrogens is 208 g/mol. The second-order valence-electron chi connectivity index (χ2n) is 6.07. The number of nitrogens with zero attached hydrogens (tertiary/aromatic N) is 1. The fourth-order valence-corrected chi connectivity index (χ4v) is 3.25. The van der Waals surface area contributed by atoms with Crippen LogP contribution in [-0.2, 0) is 6.42 Å². The van der Waals surface area contributed by atoms with Crippen LogP contribution in [0.4, 0.5) is 0 Å². The van der Waals surface area contributed by atoms with E-state index < -0.39 is 0 Å². The van der Waals surface area contributed by atoms with Gasteiger partial charge in [0.15, 0.2) is 0 Å². The first-order valence-corrected chi connectivity index (χ1v) is 6.74. The Kier molecular flexibility index (Phi) is 3.82. The van der Waals surface area contributed by atoms with Crippen molar-refractivity contribution in [3.8, 4) is 0 Å². The molecule has 1 aliphatic rings. The lowest BCUT2D eigenvalue weighted by molar-refractivity contribution is 0.112. The van der Waals surface area contributed by atoms with Crippen LogP contribution in [0.2, 0.25) is 0 Å². The summed E-state index contributed by atoms with van der Waals surface area (Å²) in [4.78, 5) is 4.16. The van der Waals surface area contributed by atoms with Gasteiger partial charge in [-0.3, -0.25) is 4.98 Å². The van der Waals surface area contributed by atoms with Gasteiger partial charge >= 0.3 is 0 Å². The van der Waals surface area contributed by atoms with Crippen molar-refractivity contribution < 1.29 is 0 Å². The number of hydrogen-bond donors (Lipinski definition) is 1. The van der Waals surface area contributed by atoms with Gasteiger partial charge in [-0.25, -0.2) is 0 Å². The molecule has 1 saturated carbocycles. The molecule has 2 nitrogen and oxygen atoms in total. The van der Waals surface area contributed by atoms with Crippen molar-refractivity contribution in [1.82, 2.24) is 4.98 Å². The molecule has 2 N–H and O–H groups in total. The minimum absolute atomic E-state index is 0.273. The summed E-state index contributed by atoms with van der Waals surface area (Å²) >= 11 is 0. The molecule has 0 aliphatic heterocycles. The minimum Gasteiger partial charge on any atom is -0.327 e. The first-order valence-electron chi connectivity index (χ1n) is 6.74. The summed E-state index contributed by atoms with van der Waals surface area (Å²) < 4.78 is 0. The maximum atomic E-state index is 6.43. The largest absolute Gasteiger partial charge is 0.327 e. The molecule has 2 unspecified atom stereocenters. The van der Waals surface area contributed by atoms with Gasteiger partial charge in [0.05, 0.1) is 0 Å². The van der Waals surface area contributed by atoms with Crippen LogP contribution in [0.15, 0.2) is 24.5 Å². The van der Waals surface area contributed by atoms with Gasteiger partial charge in [-0.1, -0.05) is 32.8 Å². The first kappa shape index (κ1) is 12.6. The van der Waals surface area contributed by atoms with Gasteiger partial charge in [0, 0.05) is 18.4 Å². The van der Waals surface area contributed by atoms with Gasteiger partial charge < -0.3 is 5.73 Å². The number of pyridine rings is 1. The van der Waals surface area contributed by atoms with Crippen molar-refractivity contribution in [1.29, 1.82) is 0 Å². The third-order valence-electron chi connectivity index (χ3n) is 4.30. The number of nitrogens with two attached hydrogens (primary N) is 1. The molecule has 1 aromatic rings. The monoisotopic (exact) mass is 232 g/mol. The quantitative estimate of drug-likeness (QED) is 0.869. The van der Waals surface area contributed by atoms with Crippen molar-refractivity contribution in [2.24, 2.45) is 17.1 Å². The van der Waals surface area contributed by atoms with E-state index in [1.807, 2.05) is 18.5 Å². The van der Waals surface area contributed by atoms with Crippen molar-refractivity contribution in [3.05, 3.63) is 30.1 Å². The zero-order valence-electron chi connectivity index (χ0n) is 11.0. The van der Waals surface area contributed by atoms with E-state index >= 15 is 0 Å². The molecule has 0 bridgehead atoms. The average molecular weight is 232 g/mol. The second kappa shape index (κ2) is 5.18. The van der Waals surface area contributed by atoms with E-state index in [4.69, 9.17) is 5.73 Å². The predicted molar refractivity (Wildman–Crippen MR) is 71.7 cm³/mol.